The molecule has 6 nitrogen and oxygen atoms in total. The maximum Gasteiger partial charge on any atom is 0.227 e. The second-order valence-electron chi connectivity index (χ2n) is 7.20. The molecule has 25 heavy (non-hydrogen) atoms. The van der Waals surface area contributed by atoms with Crippen molar-refractivity contribution in [3.8, 4) is 0 Å². The summed E-state index contributed by atoms with van der Waals surface area (Å²) >= 11 is 0. The maximum absolute atomic E-state index is 12.9. The highest BCUT2D eigenvalue weighted by Gasteiger charge is 2.28. The van der Waals surface area contributed by atoms with Crippen LogP contribution >= 0.6 is 0 Å². The van der Waals surface area contributed by atoms with Gasteiger partial charge in [-0.1, -0.05) is 31.8 Å². The summed E-state index contributed by atoms with van der Waals surface area (Å²) in [6.45, 7) is 4.89. The predicted molar refractivity (Wildman–Crippen MR) is 95.0 cm³/mol. The number of hydrogen-bond donors (Lipinski definition) is 0. The van der Waals surface area contributed by atoms with E-state index in [1.165, 1.54) is 18.5 Å². The van der Waals surface area contributed by atoms with Gasteiger partial charge in [-0.2, -0.15) is 4.98 Å². The van der Waals surface area contributed by atoms with Gasteiger partial charge in [0.2, 0.25) is 11.8 Å². The van der Waals surface area contributed by atoms with E-state index in [4.69, 9.17) is 4.52 Å². The van der Waals surface area contributed by atoms with Gasteiger partial charge < -0.3 is 14.0 Å². The number of rotatable bonds is 5. The summed E-state index contributed by atoms with van der Waals surface area (Å²) in [4.78, 5) is 19.3. The minimum Gasteiger partial charge on any atom is -0.353 e. The molecular formula is C19H28N4O2. The van der Waals surface area contributed by atoms with Gasteiger partial charge in [0.05, 0.1) is 6.04 Å². The van der Waals surface area contributed by atoms with E-state index in [0.29, 0.717) is 24.6 Å². The third-order valence-electron chi connectivity index (χ3n) is 4.95. The Hall–Kier alpha value is -2.11. The fraction of sp³-hybridized carbons (Fsp3) is 0.632. The van der Waals surface area contributed by atoms with Crippen LogP contribution in [0.4, 0.5) is 0 Å². The molecule has 1 saturated heterocycles. The van der Waals surface area contributed by atoms with Crippen molar-refractivity contribution < 1.29 is 9.32 Å². The molecule has 0 spiro atoms. The summed E-state index contributed by atoms with van der Waals surface area (Å²) in [5.74, 6) is 1.68. The second kappa shape index (κ2) is 7.85. The Balaban J connectivity index is 1.68. The molecule has 1 atom stereocenters. The van der Waals surface area contributed by atoms with Crippen molar-refractivity contribution in [1.82, 2.24) is 19.6 Å². The molecule has 2 aromatic rings. The molecule has 0 aromatic carbocycles. The number of carbonyl (C=O) groups excluding carboxylic acids is 1. The van der Waals surface area contributed by atoms with Gasteiger partial charge in [-0.3, -0.25) is 4.79 Å². The number of aromatic nitrogens is 3. The summed E-state index contributed by atoms with van der Waals surface area (Å²) in [7, 11) is 2.05. The lowest BCUT2D eigenvalue weighted by Crippen LogP contribution is -2.35. The van der Waals surface area contributed by atoms with Crippen LogP contribution in [0.15, 0.2) is 22.9 Å². The lowest BCUT2D eigenvalue weighted by atomic mass is 10.1. The molecule has 0 bridgehead atoms. The van der Waals surface area contributed by atoms with Gasteiger partial charge >= 0.3 is 0 Å². The van der Waals surface area contributed by atoms with Gasteiger partial charge in [-0.15, -0.1) is 0 Å². The molecule has 1 amide bonds. The Kier molecular flexibility index (Phi) is 5.56. The molecule has 3 heterocycles. The summed E-state index contributed by atoms with van der Waals surface area (Å²) in [6, 6.07) is 4.35. The molecule has 0 aliphatic carbocycles. The highest BCUT2D eigenvalue weighted by atomic mass is 16.5. The quantitative estimate of drug-likeness (QED) is 0.831. The van der Waals surface area contributed by atoms with Gasteiger partial charge in [-0.05, 0) is 25.0 Å². The second-order valence-corrected chi connectivity index (χ2v) is 7.20. The van der Waals surface area contributed by atoms with E-state index in [9.17, 15) is 4.79 Å². The Morgan fingerprint density at radius 2 is 2.20 bits per heavy atom. The summed E-state index contributed by atoms with van der Waals surface area (Å²) in [6.07, 6.45) is 7.43. The molecule has 1 aliphatic heterocycles. The lowest BCUT2D eigenvalue weighted by molar-refractivity contribution is -0.133. The zero-order valence-electron chi connectivity index (χ0n) is 15.4. The standard InChI is InChI=1S/C19H28N4O2/c1-14(2)19-20-17(25-21-19)10-11-18(24)23-13-6-4-5-8-16(23)15-9-7-12-22(15)3/h7,9,12,14,16H,4-6,8,10-11,13H2,1-3H3. The highest BCUT2D eigenvalue weighted by molar-refractivity contribution is 5.76. The molecule has 3 rings (SSSR count). The average Bonchev–Trinajstić information content (AvgIpc) is 3.16. The fourth-order valence-electron chi connectivity index (χ4n) is 3.50. The first-order valence-corrected chi connectivity index (χ1v) is 9.29. The van der Waals surface area contributed by atoms with Crippen LogP contribution in [-0.4, -0.2) is 32.1 Å². The van der Waals surface area contributed by atoms with Crippen molar-refractivity contribution in [2.45, 2.75) is 64.3 Å². The first-order chi connectivity index (χ1) is 12.1. The van der Waals surface area contributed by atoms with Crippen molar-refractivity contribution in [2.75, 3.05) is 6.54 Å². The van der Waals surface area contributed by atoms with E-state index in [2.05, 4.69) is 45.0 Å². The fourth-order valence-corrected chi connectivity index (χ4v) is 3.50. The zero-order chi connectivity index (χ0) is 17.8. The first kappa shape index (κ1) is 17.7. The highest BCUT2D eigenvalue weighted by Crippen LogP contribution is 2.30. The SMILES string of the molecule is CC(C)c1noc(CCC(=O)N2CCCCCC2c2cccn2C)n1. The molecule has 1 fully saturated rings. The van der Waals surface area contributed by atoms with Gasteiger partial charge in [0.15, 0.2) is 5.82 Å². The molecule has 6 heteroatoms. The largest absolute Gasteiger partial charge is 0.353 e. The van der Waals surface area contributed by atoms with Crippen LogP contribution in [0, 0.1) is 0 Å². The smallest absolute Gasteiger partial charge is 0.227 e. The third kappa shape index (κ3) is 4.11. The Morgan fingerprint density at radius 1 is 1.36 bits per heavy atom. The summed E-state index contributed by atoms with van der Waals surface area (Å²) in [5.41, 5.74) is 1.22. The van der Waals surface area contributed by atoms with Gasteiger partial charge in [0.1, 0.15) is 0 Å². The number of likely N-dealkylation sites (tertiary alicyclic amines) is 1. The number of carbonyl (C=O) groups is 1. The molecule has 136 valence electrons. The topological polar surface area (TPSA) is 64.2 Å². The molecule has 2 aromatic heterocycles. The van der Waals surface area contributed by atoms with Gasteiger partial charge in [0, 0.05) is 44.2 Å². The van der Waals surface area contributed by atoms with E-state index in [-0.39, 0.29) is 17.9 Å². The number of hydrogen-bond acceptors (Lipinski definition) is 4. The van der Waals surface area contributed by atoms with Crippen molar-refractivity contribution in [3.63, 3.8) is 0 Å². The summed E-state index contributed by atoms with van der Waals surface area (Å²) < 4.78 is 7.40. The van der Waals surface area contributed by atoms with E-state index >= 15 is 0 Å². The van der Waals surface area contributed by atoms with Crippen molar-refractivity contribution >= 4 is 5.91 Å². The number of amides is 1. The van der Waals surface area contributed by atoms with Crippen LogP contribution in [0.1, 0.15) is 75.3 Å². The number of nitrogens with zero attached hydrogens (tertiary/aromatic N) is 4. The van der Waals surface area contributed by atoms with Gasteiger partial charge in [-0.25, -0.2) is 0 Å². The van der Waals surface area contributed by atoms with Gasteiger partial charge in [0.25, 0.3) is 0 Å². The third-order valence-corrected chi connectivity index (χ3v) is 4.95. The van der Waals surface area contributed by atoms with Crippen LogP contribution in [0.3, 0.4) is 0 Å². The monoisotopic (exact) mass is 344 g/mol. The Morgan fingerprint density at radius 3 is 2.88 bits per heavy atom. The van der Waals surface area contributed by atoms with E-state index in [1.54, 1.807) is 0 Å². The van der Waals surface area contributed by atoms with Crippen molar-refractivity contribution in [3.05, 3.63) is 35.7 Å². The van der Waals surface area contributed by atoms with Crippen LogP contribution in [-0.2, 0) is 18.3 Å². The molecule has 0 saturated carbocycles. The molecule has 1 aliphatic rings. The predicted octanol–water partition coefficient (Wildman–Crippen LogP) is 3.61. The Labute approximate surface area is 149 Å². The molecule has 1 unspecified atom stereocenters. The number of aryl methyl sites for hydroxylation is 2. The maximum atomic E-state index is 12.9. The summed E-state index contributed by atoms with van der Waals surface area (Å²) in [5, 5.41) is 3.97. The lowest BCUT2D eigenvalue weighted by Gasteiger charge is -2.30. The Bertz CT molecular complexity index is 704. The molecule has 0 radical (unpaired) electrons. The van der Waals surface area contributed by atoms with Crippen LogP contribution < -0.4 is 0 Å². The van der Waals surface area contributed by atoms with Crippen LogP contribution in [0.25, 0.3) is 0 Å². The molecular weight excluding hydrogens is 316 g/mol. The average molecular weight is 344 g/mol. The minimum absolute atomic E-state index is 0.170. The van der Waals surface area contributed by atoms with E-state index in [0.717, 1.165) is 19.4 Å². The normalized spacial score (nSPS) is 18.6. The van der Waals surface area contributed by atoms with Crippen LogP contribution in [0.2, 0.25) is 0 Å². The van der Waals surface area contributed by atoms with Crippen molar-refractivity contribution in [1.29, 1.82) is 0 Å². The van der Waals surface area contributed by atoms with E-state index in [1.807, 2.05) is 13.8 Å². The minimum atomic E-state index is 0.170. The van der Waals surface area contributed by atoms with Crippen molar-refractivity contribution in [2.24, 2.45) is 7.05 Å². The molecule has 0 N–H and O–H groups in total. The first-order valence-electron chi connectivity index (χ1n) is 9.29. The zero-order valence-corrected chi connectivity index (χ0v) is 15.4. The van der Waals surface area contributed by atoms with E-state index < -0.39 is 0 Å². The van der Waals surface area contributed by atoms with Crippen LogP contribution in [0.5, 0.6) is 0 Å².